The molecule has 2 saturated heterocycles. The van der Waals surface area contributed by atoms with Crippen LogP contribution in [0.4, 0.5) is 15.3 Å². The van der Waals surface area contributed by atoms with Gasteiger partial charge in [-0.15, -0.1) is 0 Å². The van der Waals surface area contributed by atoms with E-state index < -0.39 is 12.1 Å². The molecule has 27 heteroatoms. The highest BCUT2D eigenvalue weighted by molar-refractivity contribution is 5.91. The van der Waals surface area contributed by atoms with E-state index in [-0.39, 0.29) is 143 Å². The van der Waals surface area contributed by atoms with Gasteiger partial charge in [0.2, 0.25) is 0 Å². The van der Waals surface area contributed by atoms with Crippen LogP contribution in [-0.2, 0) is 54.4 Å². The first-order valence-electron chi connectivity index (χ1n) is 57.0. The number of nitrogens with zero attached hydrogens (tertiary/aromatic N) is 2. The molecule has 2 aromatic rings. The molecule has 3 aliphatic heterocycles. The van der Waals surface area contributed by atoms with Crippen molar-refractivity contribution in [2.24, 2.45) is 82.5 Å². The van der Waals surface area contributed by atoms with Crippen molar-refractivity contribution in [2.75, 3.05) is 38.0 Å². The topological polar surface area (TPSA) is 396 Å². The van der Waals surface area contributed by atoms with Crippen molar-refractivity contribution in [3.63, 3.8) is 0 Å². The van der Waals surface area contributed by atoms with Crippen LogP contribution < -0.4 is 70.0 Å². The minimum absolute atomic E-state index is 0.00463. The van der Waals surface area contributed by atoms with Gasteiger partial charge in [0.25, 0.3) is 0 Å². The van der Waals surface area contributed by atoms with Crippen LogP contribution in [0.25, 0.3) is 5.57 Å². The SMILES string of the molecule is CC(C)C(=O)[C@@H]1CCCN1C(C)C.CC(C)C(=O)[C@H]1CCCN1C(C)C.CC(C)N[C@@H](C(=O)C(C)C)C(C)C.CC(C)N[C@@H](C)C(=O)C(C)C.CC(C)N[C@@H](CC1=CCc2ccccc21)C(=O)C(C)C.CC(C)N[C@@H](CCCNC(N)=O)C(=O)C(C)C.CC(C)N[C@H](C(=O)C(C)C)C(C)C.CC(C)N[C@H](C)C(=O)C(C)C.CC(C)N[C@H](CC1CNc2ccccc21)C(=O)C(C)C.CC(C)N[C@H](CCCNC(N)=O)C(=O)C(C)C. The molecule has 4 amide bonds. The van der Waals surface area contributed by atoms with Crippen molar-refractivity contribution < 1.29 is 57.5 Å². The lowest BCUT2D eigenvalue weighted by atomic mass is 9.89. The smallest absolute Gasteiger partial charge is 0.312 e. The lowest BCUT2D eigenvalue weighted by molar-refractivity contribution is -0.127. The number of fused-ring (bicyclic) bond motifs is 2. The molecule has 1 aliphatic carbocycles. The van der Waals surface area contributed by atoms with E-state index in [4.69, 9.17) is 11.5 Å². The lowest BCUT2D eigenvalue weighted by Crippen LogP contribution is -2.46. The van der Waals surface area contributed by atoms with Gasteiger partial charge in [-0.1, -0.05) is 325 Å². The Kier molecular flexibility index (Phi) is 78.4. The van der Waals surface area contributed by atoms with Crippen LogP contribution in [0.15, 0.2) is 54.6 Å². The number of carbonyl (C=O) groups excluding carboxylic acids is 12. The van der Waals surface area contributed by atoms with Crippen molar-refractivity contribution in [3.8, 4) is 0 Å². The molecule has 2 fully saturated rings. The molecular formula is C121H227N15O12. The molecule has 4 aliphatic rings. The van der Waals surface area contributed by atoms with Crippen LogP contribution in [0.1, 0.15) is 405 Å². The molecule has 0 spiro atoms. The van der Waals surface area contributed by atoms with Crippen LogP contribution in [0.3, 0.4) is 0 Å². The highest BCUT2D eigenvalue weighted by atomic mass is 16.2. The highest BCUT2D eigenvalue weighted by Gasteiger charge is 2.37. The summed E-state index contributed by atoms with van der Waals surface area (Å²) in [5.74, 6) is 5.40. The van der Waals surface area contributed by atoms with Gasteiger partial charge >= 0.3 is 12.1 Å². The molecular weight excluding hydrogens is 1860 g/mol. The average Bonchev–Trinajstić information content (AvgIpc) is 1.66. The molecule has 858 valence electrons. The summed E-state index contributed by atoms with van der Waals surface area (Å²) in [5.41, 5.74) is 16.5. The number of urea groups is 2. The second-order valence-electron chi connectivity index (χ2n) is 47.8. The normalized spacial score (nSPS) is 16.5. The molecule has 11 atom stereocenters. The Hall–Kier alpha value is -7.18. The fraction of sp³-hybridized carbons (Fsp3) is 0.785. The van der Waals surface area contributed by atoms with Crippen LogP contribution in [0.2, 0.25) is 0 Å². The minimum Gasteiger partial charge on any atom is -0.384 e. The van der Waals surface area contributed by atoms with E-state index in [0.717, 1.165) is 77.4 Å². The fourth-order valence-electron chi connectivity index (χ4n) is 18.0. The average molecular weight is 2080 g/mol. The quantitative estimate of drug-likeness (QED) is 0.0274. The highest BCUT2D eigenvalue weighted by Crippen LogP contribution is 2.36. The van der Waals surface area contributed by atoms with Crippen LogP contribution in [0.5, 0.6) is 0 Å². The number of carbonyl (C=O) groups is 12. The summed E-state index contributed by atoms with van der Waals surface area (Å²) in [5, 5.41) is 34.8. The number of para-hydroxylation sites is 1. The van der Waals surface area contributed by atoms with Gasteiger partial charge in [0.1, 0.15) is 0 Å². The maximum Gasteiger partial charge on any atom is 0.312 e. The third-order valence-corrected chi connectivity index (χ3v) is 25.5. The lowest BCUT2D eigenvalue weighted by Gasteiger charge is -2.28. The van der Waals surface area contributed by atoms with E-state index in [1.807, 2.05) is 208 Å². The van der Waals surface area contributed by atoms with Gasteiger partial charge in [0.05, 0.1) is 60.4 Å². The number of hydrogen-bond donors (Lipinski definition) is 13. The summed E-state index contributed by atoms with van der Waals surface area (Å²) in [4.78, 5) is 144. The van der Waals surface area contributed by atoms with E-state index in [1.54, 1.807) is 0 Å². The molecule has 0 aromatic heterocycles. The number of rotatable bonds is 52. The number of ketones is 10. The van der Waals surface area contributed by atoms with E-state index >= 15 is 0 Å². The fourth-order valence-corrected chi connectivity index (χ4v) is 18.0. The number of amides is 4. The Labute approximate surface area is 904 Å². The van der Waals surface area contributed by atoms with Gasteiger partial charge in [-0.25, -0.2) is 9.59 Å². The number of allylic oxidation sites excluding steroid dienone is 1. The number of primary amides is 2. The van der Waals surface area contributed by atoms with Crippen LogP contribution >= 0.6 is 0 Å². The Morgan fingerprint density at radius 1 is 0.338 bits per heavy atom. The first-order valence-corrected chi connectivity index (χ1v) is 57.0. The summed E-state index contributed by atoms with van der Waals surface area (Å²) >= 11 is 0. The number of hydrogen-bond acceptors (Lipinski definition) is 23. The van der Waals surface area contributed by atoms with E-state index in [1.165, 1.54) is 40.8 Å². The number of nitrogens with two attached hydrogens (primary N) is 2. The molecule has 148 heavy (non-hydrogen) atoms. The van der Waals surface area contributed by atoms with E-state index in [9.17, 15) is 57.5 Å². The number of anilines is 1. The molecule has 0 radical (unpaired) electrons. The number of likely N-dealkylation sites (tertiary alicyclic amines) is 2. The number of benzene rings is 2. The molecule has 1 unspecified atom stereocenters. The van der Waals surface area contributed by atoms with Crippen molar-refractivity contribution in [2.45, 2.75) is 516 Å². The summed E-state index contributed by atoms with van der Waals surface area (Å²) in [6.07, 6.45) is 12.4. The molecule has 0 saturated carbocycles. The molecule has 6 rings (SSSR count). The second-order valence-corrected chi connectivity index (χ2v) is 47.8. The maximum atomic E-state index is 12.4. The predicted molar refractivity (Wildman–Crippen MR) is 624 cm³/mol. The summed E-state index contributed by atoms with van der Waals surface area (Å²) in [6.45, 7) is 97.0. The maximum absolute atomic E-state index is 12.4. The Morgan fingerprint density at radius 3 is 0.939 bits per heavy atom. The summed E-state index contributed by atoms with van der Waals surface area (Å²) in [6, 6.07) is 19.6. The molecule has 0 bridgehead atoms. The zero-order valence-electron chi connectivity index (χ0n) is 103. The van der Waals surface area contributed by atoms with Gasteiger partial charge in [-0.05, 0) is 165 Å². The summed E-state index contributed by atoms with van der Waals surface area (Å²) < 4.78 is 0. The second kappa shape index (κ2) is 78.9. The number of nitrogens with one attached hydrogen (secondary N) is 11. The van der Waals surface area contributed by atoms with Crippen molar-refractivity contribution >= 4 is 81.2 Å². The predicted octanol–water partition coefficient (Wildman–Crippen LogP) is 20.7. The first kappa shape index (κ1) is 147. The summed E-state index contributed by atoms with van der Waals surface area (Å²) in [7, 11) is 0. The molecule has 2 aromatic carbocycles. The molecule has 15 N–H and O–H groups in total. The monoisotopic (exact) mass is 2080 g/mol. The molecule has 27 nitrogen and oxygen atoms in total. The third kappa shape index (κ3) is 64.1. The zero-order valence-corrected chi connectivity index (χ0v) is 103. The largest absolute Gasteiger partial charge is 0.384 e. The Morgan fingerprint density at radius 2 is 0.635 bits per heavy atom. The first-order chi connectivity index (χ1) is 68.3. The van der Waals surface area contributed by atoms with E-state index in [0.29, 0.717) is 125 Å². The minimum atomic E-state index is -0.520. The Bertz CT molecular complexity index is 3880. The third-order valence-electron chi connectivity index (χ3n) is 25.5. The van der Waals surface area contributed by atoms with Crippen molar-refractivity contribution in [1.82, 2.24) is 63.0 Å². The van der Waals surface area contributed by atoms with Gasteiger partial charge in [0, 0.05) is 151 Å². The molecule has 3 heterocycles. The van der Waals surface area contributed by atoms with Gasteiger partial charge in [-0.2, -0.15) is 0 Å². The number of Topliss-reactive ketones (excluding diaryl/α,β-unsaturated/α-hetero) is 10. The zero-order chi connectivity index (χ0) is 115. The van der Waals surface area contributed by atoms with Crippen molar-refractivity contribution in [1.29, 1.82) is 0 Å². The standard InChI is InChI=1S/C18H25NO.C17H26N2O.2C12H25N3O2.2C11H21NO.2C11H23NO.2C9H19NO/c1-12(2)18(20)17(19-13(3)4)11-15-10-9-14-7-5-6-8-16(14)15;1-11(2)17(20)16(19-12(3)4)9-13-10-18-15-8-6-5-7-14(13)15;2*1-8(2)11(16)10(15-9(3)4)6-5-7-14-12(13)17;2*1-8(2)11(13)10-6-5-7-12(10)9(3)4;2*1-7(2)10(12-9(5)6)11(13)8(3)4;2*1-6(2)9(11)8(5)10-7(3)4/h5-8,10,12-13,17,19H,9,11H2,1-4H3;5-8,11-13,16,18-19H,9-10H2,1-4H3;2*8-10,15H,5-7H2,1-4H3,(H3,13,14,17);2*8-10H,5-7H2,1-4H3;2*7-10,12H,1-6H3;2*6-8,10H,1-5H3/t17-;13?,16-;6*10-;2*8-/m0110101010/s1. The van der Waals surface area contributed by atoms with Crippen LogP contribution in [-0.4, -0.2) is 233 Å². The van der Waals surface area contributed by atoms with Crippen molar-refractivity contribution in [3.05, 3.63) is 71.3 Å². The van der Waals surface area contributed by atoms with Crippen LogP contribution in [0, 0.1) is 71.0 Å². The van der Waals surface area contributed by atoms with Gasteiger partial charge in [-0.3, -0.25) is 57.7 Å². The van der Waals surface area contributed by atoms with Gasteiger partial charge < -0.3 is 70.0 Å². The van der Waals surface area contributed by atoms with E-state index in [2.05, 4.69) is 234 Å². The van der Waals surface area contributed by atoms with Gasteiger partial charge in [0.15, 0.2) is 57.8 Å². The Balaban J connectivity index is -0.000000784.